The van der Waals surface area contributed by atoms with Crippen LogP contribution in [0.5, 0.6) is 17.2 Å². The van der Waals surface area contributed by atoms with E-state index in [-0.39, 0.29) is 24.5 Å². The Morgan fingerprint density at radius 2 is 1.80 bits per heavy atom. The second-order valence-corrected chi connectivity index (χ2v) is 7.54. The SMILES string of the molecule is COc1cccc(NC(=O)C[NH+]2CCC(C(=O)Nc3ccc4c(c3)OCO4)CC2)c1. The van der Waals surface area contributed by atoms with Gasteiger partial charge in [0, 0.05) is 42.3 Å². The number of hydrogen-bond acceptors (Lipinski definition) is 5. The zero-order chi connectivity index (χ0) is 20.9. The molecule has 0 spiro atoms. The van der Waals surface area contributed by atoms with E-state index in [1.807, 2.05) is 24.3 Å². The van der Waals surface area contributed by atoms with Crippen molar-refractivity contribution in [2.24, 2.45) is 5.92 Å². The first-order valence-corrected chi connectivity index (χ1v) is 10.1. The average molecular weight is 412 g/mol. The number of anilines is 2. The van der Waals surface area contributed by atoms with Crippen LogP contribution in [0.25, 0.3) is 0 Å². The molecule has 158 valence electrons. The Bertz CT molecular complexity index is 925. The monoisotopic (exact) mass is 412 g/mol. The van der Waals surface area contributed by atoms with Gasteiger partial charge in [-0.25, -0.2) is 0 Å². The number of quaternary nitrogens is 1. The van der Waals surface area contributed by atoms with Crippen molar-refractivity contribution in [3.8, 4) is 17.2 Å². The van der Waals surface area contributed by atoms with Gasteiger partial charge in [-0.2, -0.15) is 0 Å². The molecule has 1 fully saturated rings. The highest BCUT2D eigenvalue weighted by molar-refractivity contribution is 5.93. The van der Waals surface area contributed by atoms with Crippen molar-refractivity contribution in [1.82, 2.24) is 0 Å². The van der Waals surface area contributed by atoms with Crippen LogP contribution in [0.2, 0.25) is 0 Å². The smallest absolute Gasteiger partial charge is 0.279 e. The van der Waals surface area contributed by atoms with Gasteiger partial charge in [0.05, 0.1) is 20.2 Å². The van der Waals surface area contributed by atoms with Gasteiger partial charge in [-0.15, -0.1) is 0 Å². The average Bonchev–Trinajstić information content (AvgIpc) is 3.22. The summed E-state index contributed by atoms with van der Waals surface area (Å²) >= 11 is 0. The third kappa shape index (κ3) is 4.83. The van der Waals surface area contributed by atoms with E-state index in [0.717, 1.165) is 31.6 Å². The Kier molecular flexibility index (Phi) is 6.04. The Hall–Kier alpha value is -3.26. The van der Waals surface area contributed by atoms with Crippen molar-refractivity contribution in [3.63, 3.8) is 0 Å². The normalized spacial score (nSPS) is 19.8. The highest BCUT2D eigenvalue weighted by Gasteiger charge is 2.29. The van der Waals surface area contributed by atoms with Gasteiger partial charge in [0.1, 0.15) is 5.75 Å². The molecular formula is C22H26N3O5+. The van der Waals surface area contributed by atoms with Crippen LogP contribution in [0, 0.1) is 5.92 Å². The molecule has 0 unspecified atom stereocenters. The fraction of sp³-hybridized carbons (Fsp3) is 0.364. The molecule has 2 amide bonds. The fourth-order valence-electron chi connectivity index (χ4n) is 3.82. The summed E-state index contributed by atoms with van der Waals surface area (Å²) in [6, 6.07) is 12.7. The van der Waals surface area contributed by atoms with Crippen molar-refractivity contribution < 1.29 is 28.7 Å². The second-order valence-electron chi connectivity index (χ2n) is 7.54. The lowest BCUT2D eigenvalue weighted by Crippen LogP contribution is -3.14. The summed E-state index contributed by atoms with van der Waals surface area (Å²) in [6.45, 7) is 2.16. The van der Waals surface area contributed by atoms with Crippen molar-refractivity contribution in [2.45, 2.75) is 12.8 Å². The Balaban J connectivity index is 1.23. The molecule has 1 saturated heterocycles. The fourth-order valence-corrected chi connectivity index (χ4v) is 3.82. The first kappa shape index (κ1) is 20.0. The van der Waals surface area contributed by atoms with Crippen LogP contribution in [-0.2, 0) is 9.59 Å². The van der Waals surface area contributed by atoms with Gasteiger partial charge in [-0.1, -0.05) is 6.07 Å². The van der Waals surface area contributed by atoms with Gasteiger partial charge in [-0.05, 0) is 24.3 Å². The molecule has 8 heteroatoms. The Morgan fingerprint density at radius 3 is 2.60 bits per heavy atom. The molecule has 2 aromatic rings. The number of fused-ring (bicyclic) bond motifs is 1. The molecule has 0 saturated carbocycles. The zero-order valence-corrected chi connectivity index (χ0v) is 16.9. The molecule has 4 rings (SSSR count). The van der Waals surface area contributed by atoms with Crippen LogP contribution in [0.3, 0.4) is 0 Å². The number of likely N-dealkylation sites (tertiary alicyclic amines) is 1. The minimum absolute atomic E-state index is 0.00810. The van der Waals surface area contributed by atoms with Crippen molar-refractivity contribution in [2.75, 3.05) is 44.2 Å². The maximum absolute atomic E-state index is 12.6. The lowest BCUT2D eigenvalue weighted by atomic mass is 9.95. The minimum Gasteiger partial charge on any atom is -0.497 e. The largest absolute Gasteiger partial charge is 0.497 e. The summed E-state index contributed by atoms with van der Waals surface area (Å²) in [5.74, 6) is 1.96. The van der Waals surface area contributed by atoms with Crippen molar-refractivity contribution in [3.05, 3.63) is 42.5 Å². The predicted octanol–water partition coefficient (Wildman–Crippen LogP) is 1.30. The number of rotatable bonds is 6. The maximum atomic E-state index is 12.6. The number of carbonyl (C=O) groups is 2. The van der Waals surface area contributed by atoms with Crippen LogP contribution in [0.15, 0.2) is 42.5 Å². The van der Waals surface area contributed by atoms with E-state index in [2.05, 4.69) is 10.6 Å². The number of nitrogens with one attached hydrogen (secondary N) is 3. The number of amides is 2. The van der Waals surface area contributed by atoms with E-state index >= 15 is 0 Å². The molecule has 2 aliphatic rings. The third-order valence-corrected chi connectivity index (χ3v) is 5.47. The third-order valence-electron chi connectivity index (χ3n) is 5.47. The van der Waals surface area contributed by atoms with Gasteiger partial charge in [0.2, 0.25) is 12.7 Å². The van der Waals surface area contributed by atoms with Crippen molar-refractivity contribution in [1.29, 1.82) is 0 Å². The molecule has 0 atom stereocenters. The predicted molar refractivity (Wildman–Crippen MR) is 111 cm³/mol. The van der Waals surface area contributed by atoms with Crippen LogP contribution >= 0.6 is 0 Å². The van der Waals surface area contributed by atoms with Gasteiger partial charge in [0.25, 0.3) is 5.91 Å². The standard InChI is InChI=1S/C22H25N3O5/c1-28-18-4-2-3-16(11-18)23-21(26)13-25-9-7-15(8-10-25)22(27)24-17-5-6-19-20(12-17)30-14-29-19/h2-6,11-12,15H,7-10,13-14H2,1H3,(H,23,26)(H,24,27)/p+1. The maximum Gasteiger partial charge on any atom is 0.279 e. The number of benzene rings is 2. The van der Waals surface area contributed by atoms with E-state index in [9.17, 15) is 9.59 Å². The molecule has 2 aromatic carbocycles. The number of carbonyl (C=O) groups excluding carboxylic acids is 2. The Labute approximate surface area is 175 Å². The minimum atomic E-state index is -0.0550. The van der Waals surface area contributed by atoms with Crippen LogP contribution in [0.4, 0.5) is 11.4 Å². The zero-order valence-electron chi connectivity index (χ0n) is 16.9. The van der Waals surface area contributed by atoms with Gasteiger partial charge in [-0.3, -0.25) is 9.59 Å². The molecule has 0 radical (unpaired) electrons. The number of piperidine rings is 1. The Morgan fingerprint density at radius 1 is 1.03 bits per heavy atom. The number of ether oxygens (including phenoxy) is 3. The van der Waals surface area contributed by atoms with E-state index in [1.54, 1.807) is 25.3 Å². The molecule has 0 aliphatic carbocycles. The quantitative estimate of drug-likeness (QED) is 0.665. The van der Waals surface area contributed by atoms with E-state index in [0.29, 0.717) is 29.5 Å². The summed E-state index contributed by atoms with van der Waals surface area (Å²) in [7, 11) is 1.60. The van der Waals surface area contributed by atoms with Crippen LogP contribution < -0.4 is 29.7 Å². The molecule has 8 nitrogen and oxygen atoms in total. The van der Waals surface area contributed by atoms with Gasteiger partial charge >= 0.3 is 0 Å². The summed E-state index contributed by atoms with van der Waals surface area (Å²) < 4.78 is 15.8. The number of hydrogen-bond donors (Lipinski definition) is 3. The molecule has 0 bridgehead atoms. The first-order chi connectivity index (χ1) is 14.6. The molecule has 2 heterocycles. The summed E-state index contributed by atoms with van der Waals surface area (Å²) in [5, 5.41) is 5.88. The molecule has 3 N–H and O–H groups in total. The van der Waals surface area contributed by atoms with Gasteiger partial charge in [0.15, 0.2) is 18.0 Å². The van der Waals surface area contributed by atoms with E-state index < -0.39 is 0 Å². The summed E-state index contributed by atoms with van der Waals surface area (Å²) in [5.41, 5.74) is 1.42. The number of methoxy groups -OCH3 is 1. The van der Waals surface area contributed by atoms with Crippen molar-refractivity contribution >= 4 is 23.2 Å². The highest BCUT2D eigenvalue weighted by atomic mass is 16.7. The second kappa shape index (κ2) is 9.04. The summed E-state index contributed by atoms with van der Waals surface area (Å²) in [6.07, 6.45) is 1.50. The molecule has 2 aliphatic heterocycles. The molecule has 0 aromatic heterocycles. The lowest BCUT2D eigenvalue weighted by Gasteiger charge is -2.28. The lowest BCUT2D eigenvalue weighted by molar-refractivity contribution is -0.897. The topological polar surface area (TPSA) is 90.3 Å². The van der Waals surface area contributed by atoms with Crippen LogP contribution in [-0.4, -0.2) is 45.4 Å². The van der Waals surface area contributed by atoms with Gasteiger partial charge < -0.3 is 29.7 Å². The summed E-state index contributed by atoms with van der Waals surface area (Å²) in [4.78, 5) is 26.2. The molecule has 30 heavy (non-hydrogen) atoms. The molecular weight excluding hydrogens is 386 g/mol. The van der Waals surface area contributed by atoms with E-state index in [4.69, 9.17) is 14.2 Å². The highest BCUT2D eigenvalue weighted by Crippen LogP contribution is 2.34. The van der Waals surface area contributed by atoms with Crippen LogP contribution in [0.1, 0.15) is 12.8 Å². The van der Waals surface area contributed by atoms with E-state index in [1.165, 1.54) is 4.90 Å². The first-order valence-electron chi connectivity index (χ1n) is 10.1.